The Bertz CT molecular complexity index is 776. The van der Waals surface area contributed by atoms with Crippen molar-refractivity contribution >= 4 is 22.7 Å². The molecular weight excluding hydrogens is 338 g/mol. The second-order valence-electron chi connectivity index (χ2n) is 5.85. The molecule has 0 aromatic heterocycles. The van der Waals surface area contributed by atoms with Gasteiger partial charge in [0.25, 0.3) is 5.91 Å². The number of nitrogens with zero attached hydrogens (tertiary/aromatic N) is 1. The Morgan fingerprint density at radius 3 is 2.32 bits per heavy atom. The molecule has 0 fully saturated rings. The summed E-state index contributed by atoms with van der Waals surface area (Å²) in [7, 11) is -1.02. The number of carboxylic acids is 1. The summed E-state index contributed by atoms with van der Waals surface area (Å²) in [5, 5.41) is 9.37. The molecule has 0 aliphatic rings. The fourth-order valence-electron chi connectivity index (χ4n) is 2.49. The van der Waals surface area contributed by atoms with Crippen LogP contribution in [0.1, 0.15) is 28.4 Å². The zero-order chi connectivity index (χ0) is 18.4. The Kier molecular flexibility index (Phi) is 6.47. The zero-order valence-electron chi connectivity index (χ0n) is 14.2. The van der Waals surface area contributed by atoms with Crippen molar-refractivity contribution in [1.29, 1.82) is 0 Å². The predicted octanol–water partition coefficient (Wildman–Crippen LogP) is 2.68. The van der Waals surface area contributed by atoms with E-state index in [0.717, 1.165) is 11.1 Å². The first-order chi connectivity index (χ1) is 11.9. The summed E-state index contributed by atoms with van der Waals surface area (Å²) in [5.41, 5.74) is 2.04. The van der Waals surface area contributed by atoms with Crippen molar-refractivity contribution in [2.24, 2.45) is 0 Å². The summed E-state index contributed by atoms with van der Waals surface area (Å²) in [5.74, 6) is -1.06. The molecule has 1 N–H and O–H groups in total. The van der Waals surface area contributed by atoms with Crippen molar-refractivity contribution in [2.45, 2.75) is 25.3 Å². The second-order valence-corrected chi connectivity index (χ2v) is 7.29. The molecule has 2 rings (SSSR count). The fraction of sp³-hybridized carbons (Fsp3) is 0.263. The molecule has 2 unspecified atom stereocenters. The molecule has 2 aromatic carbocycles. The minimum absolute atomic E-state index is 0.205. The van der Waals surface area contributed by atoms with Crippen LogP contribution >= 0.6 is 0 Å². The number of benzene rings is 2. The Balaban J connectivity index is 2.31. The van der Waals surface area contributed by atoms with Gasteiger partial charge in [-0.1, -0.05) is 42.5 Å². The summed E-state index contributed by atoms with van der Waals surface area (Å²) in [6.45, 7) is 1.70. The Morgan fingerprint density at radius 1 is 1.08 bits per heavy atom. The van der Waals surface area contributed by atoms with Crippen LogP contribution in [-0.2, 0) is 27.9 Å². The highest BCUT2D eigenvalue weighted by atomic mass is 32.2. The SMILES string of the molecule is CC(C(=O)O)N(Cc1ccccc1)C(=O)c1cccc(CS(C)=O)c1. The van der Waals surface area contributed by atoms with Crippen LogP contribution in [0.25, 0.3) is 0 Å². The van der Waals surface area contributed by atoms with Gasteiger partial charge in [-0.3, -0.25) is 9.00 Å². The van der Waals surface area contributed by atoms with Gasteiger partial charge in [0.2, 0.25) is 0 Å². The molecular formula is C19H21NO4S. The van der Waals surface area contributed by atoms with Crippen molar-refractivity contribution < 1.29 is 18.9 Å². The van der Waals surface area contributed by atoms with Crippen molar-refractivity contribution in [2.75, 3.05) is 6.26 Å². The van der Waals surface area contributed by atoms with Gasteiger partial charge in [0, 0.05) is 34.9 Å². The number of amides is 1. The Morgan fingerprint density at radius 2 is 1.72 bits per heavy atom. The standard InChI is InChI=1S/C19H21NO4S/c1-14(19(22)23)20(12-15-7-4-3-5-8-15)18(21)17-10-6-9-16(11-17)13-25(2)24/h3-11,14H,12-13H2,1-2H3,(H,22,23). The van der Waals surface area contributed by atoms with Crippen LogP contribution in [0.3, 0.4) is 0 Å². The number of hydrogen-bond acceptors (Lipinski definition) is 3. The number of carbonyl (C=O) groups excluding carboxylic acids is 1. The van der Waals surface area contributed by atoms with Gasteiger partial charge >= 0.3 is 5.97 Å². The molecule has 0 saturated heterocycles. The van der Waals surface area contributed by atoms with Crippen LogP contribution in [-0.4, -0.2) is 38.4 Å². The topological polar surface area (TPSA) is 74.7 Å². The van der Waals surface area contributed by atoms with Crippen LogP contribution in [0.5, 0.6) is 0 Å². The summed E-state index contributed by atoms with van der Waals surface area (Å²) in [6, 6.07) is 15.2. The molecule has 25 heavy (non-hydrogen) atoms. The maximum Gasteiger partial charge on any atom is 0.326 e. The third kappa shape index (κ3) is 5.26. The lowest BCUT2D eigenvalue weighted by atomic mass is 10.1. The third-order valence-corrected chi connectivity index (χ3v) is 4.57. The van der Waals surface area contributed by atoms with E-state index in [1.165, 1.54) is 11.8 Å². The first kappa shape index (κ1) is 18.9. The number of hydrogen-bond donors (Lipinski definition) is 1. The number of carbonyl (C=O) groups is 2. The largest absolute Gasteiger partial charge is 0.480 e. The first-order valence-electron chi connectivity index (χ1n) is 7.85. The molecule has 0 bridgehead atoms. The van der Waals surface area contributed by atoms with Crippen LogP contribution in [0.4, 0.5) is 0 Å². The maximum atomic E-state index is 12.9. The Hall–Kier alpha value is -2.47. The molecule has 5 nitrogen and oxygen atoms in total. The van der Waals surface area contributed by atoms with E-state index in [-0.39, 0.29) is 12.5 Å². The van der Waals surface area contributed by atoms with Crippen LogP contribution < -0.4 is 0 Å². The van der Waals surface area contributed by atoms with Gasteiger partial charge in [0.05, 0.1) is 0 Å². The molecule has 2 atom stereocenters. The molecule has 0 saturated carbocycles. The minimum Gasteiger partial charge on any atom is -0.480 e. The first-order valence-corrected chi connectivity index (χ1v) is 9.58. The van der Waals surface area contributed by atoms with Crippen LogP contribution in [0, 0.1) is 0 Å². The van der Waals surface area contributed by atoms with E-state index in [9.17, 15) is 18.9 Å². The third-order valence-electron chi connectivity index (χ3n) is 3.83. The fourth-order valence-corrected chi connectivity index (χ4v) is 3.14. The average Bonchev–Trinajstić information content (AvgIpc) is 2.59. The van der Waals surface area contributed by atoms with E-state index in [1.807, 2.05) is 30.3 Å². The van der Waals surface area contributed by atoms with E-state index in [1.54, 1.807) is 30.5 Å². The zero-order valence-corrected chi connectivity index (χ0v) is 15.0. The van der Waals surface area contributed by atoms with Gasteiger partial charge in [0.15, 0.2) is 0 Å². The summed E-state index contributed by atoms with van der Waals surface area (Å²) in [6.07, 6.45) is 1.60. The van der Waals surface area contributed by atoms with E-state index >= 15 is 0 Å². The quantitative estimate of drug-likeness (QED) is 0.825. The normalized spacial score (nSPS) is 13.0. The Labute approximate surface area is 149 Å². The molecule has 2 aromatic rings. The summed E-state index contributed by atoms with van der Waals surface area (Å²) in [4.78, 5) is 25.7. The van der Waals surface area contributed by atoms with E-state index in [2.05, 4.69) is 0 Å². The highest BCUT2D eigenvalue weighted by molar-refractivity contribution is 7.83. The van der Waals surface area contributed by atoms with Gasteiger partial charge in [-0.25, -0.2) is 4.79 Å². The number of carboxylic acid groups (broad SMARTS) is 1. The van der Waals surface area contributed by atoms with Crippen LogP contribution in [0.15, 0.2) is 54.6 Å². The average molecular weight is 359 g/mol. The molecule has 0 aliphatic heterocycles. The highest BCUT2D eigenvalue weighted by Crippen LogP contribution is 2.16. The van der Waals surface area contributed by atoms with E-state index < -0.39 is 22.8 Å². The summed E-state index contributed by atoms with van der Waals surface area (Å²) >= 11 is 0. The number of aliphatic carboxylic acids is 1. The van der Waals surface area contributed by atoms with E-state index in [0.29, 0.717) is 11.3 Å². The highest BCUT2D eigenvalue weighted by Gasteiger charge is 2.26. The summed E-state index contributed by atoms with van der Waals surface area (Å²) < 4.78 is 11.4. The van der Waals surface area contributed by atoms with Crippen molar-refractivity contribution in [1.82, 2.24) is 4.90 Å². The van der Waals surface area contributed by atoms with Gasteiger partial charge in [-0.05, 0) is 30.2 Å². The number of rotatable bonds is 7. The van der Waals surface area contributed by atoms with Crippen molar-refractivity contribution in [3.63, 3.8) is 0 Å². The monoisotopic (exact) mass is 359 g/mol. The minimum atomic E-state index is -1.06. The van der Waals surface area contributed by atoms with E-state index in [4.69, 9.17) is 0 Å². The molecule has 1 amide bonds. The van der Waals surface area contributed by atoms with Gasteiger partial charge < -0.3 is 10.0 Å². The molecule has 0 spiro atoms. The molecule has 132 valence electrons. The van der Waals surface area contributed by atoms with Crippen LogP contribution in [0.2, 0.25) is 0 Å². The maximum absolute atomic E-state index is 12.9. The van der Waals surface area contributed by atoms with Crippen molar-refractivity contribution in [3.8, 4) is 0 Å². The lowest BCUT2D eigenvalue weighted by molar-refractivity contribution is -0.141. The lowest BCUT2D eigenvalue weighted by Gasteiger charge is -2.27. The predicted molar refractivity (Wildman–Crippen MR) is 97.6 cm³/mol. The van der Waals surface area contributed by atoms with Gasteiger partial charge in [0.1, 0.15) is 6.04 Å². The van der Waals surface area contributed by atoms with Gasteiger partial charge in [-0.15, -0.1) is 0 Å². The second kappa shape index (κ2) is 8.58. The molecule has 0 radical (unpaired) electrons. The lowest BCUT2D eigenvalue weighted by Crippen LogP contribution is -2.42. The van der Waals surface area contributed by atoms with Gasteiger partial charge in [-0.2, -0.15) is 0 Å². The smallest absolute Gasteiger partial charge is 0.326 e. The molecule has 0 aliphatic carbocycles. The van der Waals surface area contributed by atoms with Crippen molar-refractivity contribution in [3.05, 3.63) is 71.3 Å². The molecule has 0 heterocycles. The molecule has 6 heteroatoms.